The fraction of sp³-hybridized carbons (Fsp3) is 0.500. The number of methoxy groups -OCH3 is 1. The van der Waals surface area contributed by atoms with Gasteiger partial charge in [-0.1, -0.05) is 6.92 Å². The first-order valence-electron chi connectivity index (χ1n) is 6.94. The number of anilines is 1. The molecule has 0 saturated carbocycles. The molecule has 1 rings (SSSR count). The van der Waals surface area contributed by atoms with Crippen molar-refractivity contribution in [1.82, 2.24) is 4.72 Å². The number of rotatable bonds is 9. The average Bonchev–Trinajstić information content (AvgIpc) is 2.47. The highest BCUT2D eigenvalue weighted by atomic mass is 32.2. The van der Waals surface area contributed by atoms with E-state index in [1.807, 2.05) is 13.8 Å². The van der Waals surface area contributed by atoms with Gasteiger partial charge in [-0.3, -0.25) is 0 Å². The van der Waals surface area contributed by atoms with Gasteiger partial charge in [0.25, 0.3) is 0 Å². The highest BCUT2D eigenvalue weighted by Crippen LogP contribution is 2.24. The van der Waals surface area contributed by atoms with Crippen molar-refractivity contribution < 1.29 is 23.1 Å². The average molecular weight is 330 g/mol. The van der Waals surface area contributed by atoms with Gasteiger partial charge in [0.1, 0.15) is 4.90 Å². The van der Waals surface area contributed by atoms with Crippen LogP contribution in [-0.2, 0) is 14.8 Å². The van der Waals surface area contributed by atoms with Gasteiger partial charge >= 0.3 is 5.97 Å². The Balaban J connectivity index is 3.21. The molecule has 0 amide bonds. The van der Waals surface area contributed by atoms with Gasteiger partial charge in [0.15, 0.2) is 0 Å². The van der Waals surface area contributed by atoms with Gasteiger partial charge in [0.2, 0.25) is 10.0 Å². The predicted molar refractivity (Wildman–Crippen MR) is 83.8 cm³/mol. The largest absolute Gasteiger partial charge is 0.478 e. The molecule has 22 heavy (non-hydrogen) atoms. The fourth-order valence-electron chi connectivity index (χ4n) is 1.72. The van der Waals surface area contributed by atoms with Crippen LogP contribution in [0.4, 0.5) is 5.69 Å². The first kappa shape index (κ1) is 18.4. The molecule has 1 unspecified atom stereocenters. The molecule has 0 fully saturated rings. The summed E-state index contributed by atoms with van der Waals surface area (Å²) in [6.45, 7) is 4.22. The number of benzene rings is 1. The second-order valence-electron chi connectivity index (χ2n) is 4.86. The third-order valence-corrected chi connectivity index (χ3v) is 4.63. The van der Waals surface area contributed by atoms with Crippen molar-refractivity contribution in [3.05, 3.63) is 23.8 Å². The highest BCUT2D eigenvalue weighted by Gasteiger charge is 2.21. The molecule has 0 spiro atoms. The lowest BCUT2D eigenvalue weighted by Crippen LogP contribution is -2.28. The van der Waals surface area contributed by atoms with E-state index in [0.717, 1.165) is 12.5 Å². The van der Waals surface area contributed by atoms with Crippen LogP contribution in [0.15, 0.2) is 23.1 Å². The Hall–Kier alpha value is -1.64. The molecule has 8 heteroatoms. The number of aromatic carboxylic acids is 1. The molecule has 7 nitrogen and oxygen atoms in total. The van der Waals surface area contributed by atoms with E-state index in [1.165, 1.54) is 19.2 Å². The van der Waals surface area contributed by atoms with Crippen LogP contribution < -0.4 is 10.0 Å². The number of hydrogen-bond acceptors (Lipinski definition) is 5. The molecule has 124 valence electrons. The van der Waals surface area contributed by atoms with Crippen LogP contribution in [0.1, 0.15) is 30.6 Å². The van der Waals surface area contributed by atoms with E-state index in [-0.39, 0.29) is 29.7 Å². The van der Waals surface area contributed by atoms with Gasteiger partial charge in [-0.05, 0) is 31.5 Å². The minimum absolute atomic E-state index is 0.0589. The van der Waals surface area contributed by atoms with Crippen LogP contribution in [0.3, 0.4) is 0 Å². The van der Waals surface area contributed by atoms with E-state index >= 15 is 0 Å². The van der Waals surface area contributed by atoms with Crippen molar-refractivity contribution >= 4 is 21.7 Å². The number of carboxylic acid groups (broad SMARTS) is 1. The van der Waals surface area contributed by atoms with Crippen molar-refractivity contribution in [2.45, 2.75) is 31.2 Å². The summed E-state index contributed by atoms with van der Waals surface area (Å²) in [6.07, 6.45) is 0.803. The van der Waals surface area contributed by atoms with Gasteiger partial charge in [-0.25, -0.2) is 17.9 Å². The molecule has 0 heterocycles. The van der Waals surface area contributed by atoms with E-state index < -0.39 is 16.0 Å². The quantitative estimate of drug-likeness (QED) is 0.593. The summed E-state index contributed by atoms with van der Waals surface area (Å²) in [5.41, 5.74) is 0.297. The third kappa shape index (κ3) is 4.97. The molecule has 0 aromatic heterocycles. The number of ether oxygens (including phenoxy) is 1. The van der Waals surface area contributed by atoms with Crippen molar-refractivity contribution in [3.63, 3.8) is 0 Å². The van der Waals surface area contributed by atoms with Gasteiger partial charge < -0.3 is 15.2 Å². The Kier molecular flexibility index (Phi) is 6.79. The maximum Gasteiger partial charge on any atom is 0.335 e. The van der Waals surface area contributed by atoms with Crippen LogP contribution in [0.25, 0.3) is 0 Å². The van der Waals surface area contributed by atoms with Gasteiger partial charge in [0, 0.05) is 19.7 Å². The summed E-state index contributed by atoms with van der Waals surface area (Å²) in [4.78, 5) is 11.0. The Morgan fingerprint density at radius 3 is 2.64 bits per heavy atom. The lowest BCUT2D eigenvalue weighted by atomic mass is 10.2. The monoisotopic (exact) mass is 330 g/mol. The first-order valence-corrected chi connectivity index (χ1v) is 8.42. The molecule has 1 aromatic rings. The van der Waals surface area contributed by atoms with Crippen molar-refractivity contribution in [1.29, 1.82) is 0 Å². The van der Waals surface area contributed by atoms with Crippen LogP contribution >= 0.6 is 0 Å². The second-order valence-corrected chi connectivity index (χ2v) is 6.60. The Morgan fingerprint density at radius 2 is 2.09 bits per heavy atom. The maximum atomic E-state index is 12.4. The summed E-state index contributed by atoms with van der Waals surface area (Å²) < 4.78 is 31.9. The fourth-order valence-corrected chi connectivity index (χ4v) is 2.93. The maximum absolute atomic E-state index is 12.4. The van der Waals surface area contributed by atoms with Crippen molar-refractivity contribution in [3.8, 4) is 0 Å². The minimum atomic E-state index is -3.83. The number of hydrogen-bond donors (Lipinski definition) is 3. The standard InChI is InChI=1S/C14H22N2O5S/c1-4-10(2)16-12-6-5-11(14(17)18)9-13(12)22(19,20)15-7-8-21-3/h5-6,9-10,15-16H,4,7-8H2,1-3H3,(H,17,18). The van der Waals surface area contributed by atoms with Crippen molar-refractivity contribution in [2.24, 2.45) is 0 Å². The molecular formula is C14H22N2O5S. The number of nitrogens with one attached hydrogen (secondary N) is 2. The molecule has 0 aliphatic carbocycles. The van der Waals surface area contributed by atoms with E-state index in [0.29, 0.717) is 5.69 Å². The summed E-state index contributed by atoms with van der Waals surface area (Å²) in [5.74, 6) is -1.18. The molecule has 0 radical (unpaired) electrons. The third-order valence-electron chi connectivity index (χ3n) is 3.13. The normalized spacial score (nSPS) is 12.9. The smallest absolute Gasteiger partial charge is 0.335 e. The van der Waals surface area contributed by atoms with Crippen LogP contribution in [-0.4, -0.2) is 45.8 Å². The topological polar surface area (TPSA) is 105 Å². The van der Waals surface area contributed by atoms with E-state index in [2.05, 4.69) is 10.0 Å². The molecule has 0 bridgehead atoms. The minimum Gasteiger partial charge on any atom is -0.478 e. The zero-order chi connectivity index (χ0) is 16.8. The lowest BCUT2D eigenvalue weighted by Gasteiger charge is -2.17. The van der Waals surface area contributed by atoms with Gasteiger partial charge in [0.05, 0.1) is 17.9 Å². The first-order chi connectivity index (χ1) is 10.3. The predicted octanol–water partition coefficient (Wildman–Crippen LogP) is 1.52. The Bertz CT molecular complexity index is 616. The van der Waals surface area contributed by atoms with Crippen molar-refractivity contribution in [2.75, 3.05) is 25.6 Å². The molecule has 0 saturated heterocycles. The molecule has 3 N–H and O–H groups in total. The summed E-state index contributed by atoms with van der Waals surface area (Å²) >= 11 is 0. The lowest BCUT2D eigenvalue weighted by molar-refractivity contribution is 0.0696. The van der Waals surface area contributed by atoms with E-state index in [9.17, 15) is 13.2 Å². The SMILES string of the molecule is CCC(C)Nc1ccc(C(=O)O)cc1S(=O)(=O)NCCOC. The number of carboxylic acids is 1. The van der Waals surface area contributed by atoms with E-state index in [1.54, 1.807) is 0 Å². The van der Waals surface area contributed by atoms with Gasteiger partial charge in [-0.15, -0.1) is 0 Å². The molecule has 0 aliphatic heterocycles. The van der Waals surface area contributed by atoms with Crippen LogP contribution in [0.5, 0.6) is 0 Å². The second kappa shape index (κ2) is 8.11. The number of carbonyl (C=O) groups is 1. The molecule has 1 atom stereocenters. The molecule has 0 aliphatic rings. The Morgan fingerprint density at radius 1 is 1.41 bits per heavy atom. The number of sulfonamides is 1. The van der Waals surface area contributed by atoms with Gasteiger partial charge in [-0.2, -0.15) is 0 Å². The summed E-state index contributed by atoms with van der Waals surface area (Å²) in [6, 6.07) is 4.06. The highest BCUT2D eigenvalue weighted by molar-refractivity contribution is 7.89. The van der Waals surface area contributed by atoms with Crippen LogP contribution in [0, 0.1) is 0 Å². The summed E-state index contributed by atoms with van der Waals surface area (Å²) in [7, 11) is -2.36. The Labute approximate surface area is 130 Å². The zero-order valence-electron chi connectivity index (χ0n) is 12.9. The molecule has 1 aromatic carbocycles. The van der Waals surface area contributed by atoms with E-state index in [4.69, 9.17) is 9.84 Å². The molecular weight excluding hydrogens is 308 g/mol. The van der Waals surface area contributed by atoms with Crippen LogP contribution in [0.2, 0.25) is 0 Å². The zero-order valence-corrected chi connectivity index (χ0v) is 13.7. The summed E-state index contributed by atoms with van der Waals surface area (Å²) in [5, 5.41) is 12.1.